The third kappa shape index (κ3) is 2.66. The summed E-state index contributed by atoms with van der Waals surface area (Å²) in [6.45, 7) is 0. The van der Waals surface area contributed by atoms with Crippen molar-refractivity contribution in [1.82, 2.24) is 0 Å². The van der Waals surface area contributed by atoms with Crippen LogP contribution in [0, 0.1) is 0 Å². The van der Waals surface area contributed by atoms with Crippen LogP contribution in [0.3, 0.4) is 0 Å². The molecule has 0 aromatic rings. The summed E-state index contributed by atoms with van der Waals surface area (Å²) in [6, 6.07) is 0. The zero-order valence-corrected chi connectivity index (χ0v) is 6.95. The van der Waals surface area contributed by atoms with Crippen LogP contribution in [0.15, 0.2) is 0 Å². The maximum atomic E-state index is 10.7. The topological polar surface area (TPSA) is 60.2 Å². The van der Waals surface area contributed by atoms with E-state index in [0.29, 0.717) is 6.42 Å². The Morgan fingerprint density at radius 1 is 1.50 bits per heavy atom. The Morgan fingerprint density at radius 2 is 2.00 bits per heavy atom. The van der Waals surface area contributed by atoms with Gasteiger partial charge in [-0.25, -0.2) is 8.42 Å². The third-order valence-corrected chi connectivity index (χ3v) is 2.81. The Bertz CT molecular complexity index is 216. The predicted octanol–water partition coefficient (Wildman–Crippen LogP) is -0.0876. The lowest BCUT2D eigenvalue weighted by molar-refractivity contribution is 0.585. The van der Waals surface area contributed by atoms with Crippen LogP contribution in [-0.4, -0.2) is 26.0 Å². The maximum Gasteiger partial charge on any atom is 0.147 e. The number of rotatable bonds is 3. The van der Waals surface area contributed by atoms with E-state index in [0.717, 1.165) is 12.8 Å². The Hall–Kier alpha value is -0.0900. The van der Waals surface area contributed by atoms with E-state index >= 15 is 0 Å². The highest BCUT2D eigenvalue weighted by molar-refractivity contribution is 7.90. The molecule has 0 aromatic heterocycles. The summed E-state index contributed by atoms with van der Waals surface area (Å²) in [7, 11) is -2.80. The largest absolute Gasteiger partial charge is 0.325 e. The van der Waals surface area contributed by atoms with Crippen molar-refractivity contribution in [1.29, 1.82) is 0 Å². The second kappa shape index (κ2) is 2.20. The van der Waals surface area contributed by atoms with Gasteiger partial charge in [0.05, 0.1) is 5.75 Å². The van der Waals surface area contributed by atoms with E-state index in [1.165, 1.54) is 6.26 Å². The minimum absolute atomic E-state index is 0.122. The van der Waals surface area contributed by atoms with E-state index in [1.54, 1.807) is 0 Å². The minimum Gasteiger partial charge on any atom is -0.325 e. The Kier molecular flexibility index (Phi) is 1.76. The van der Waals surface area contributed by atoms with Gasteiger partial charge in [-0.2, -0.15) is 0 Å². The fraction of sp³-hybridized carbons (Fsp3) is 1.00. The molecule has 1 aliphatic rings. The van der Waals surface area contributed by atoms with Gasteiger partial charge in [0, 0.05) is 11.8 Å². The lowest BCUT2D eigenvalue weighted by Crippen LogP contribution is -2.24. The summed E-state index contributed by atoms with van der Waals surface area (Å²) in [6.07, 6.45) is 3.86. The Balaban J connectivity index is 2.30. The molecule has 0 saturated heterocycles. The van der Waals surface area contributed by atoms with Crippen molar-refractivity contribution in [3.63, 3.8) is 0 Å². The molecule has 0 heterocycles. The second-order valence-corrected chi connectivity index (χ2v) is 5.50. The van der Waals surface area contributed by atoms with Crippen molar-refractivity contribution >= 4 is 9.84 Å². The van der Waals surface area contributed by atoms with Crippen molar-refractivity contribution < 1.29 is 8.42 Å². The highest BCUT2D eigenvalue weighted by atomic mass is 32.2. The standard InChI is InChI=1S/C6H13NO2S/c1-10(8,9)5-4-6(7)2-3-6/h2-5,7H2,1H3. The van der Waals surface area contributed by atoms with Crippen LogP contribution in [0.5, 0.6) is 0 Å². The first kappa shape index (κ1) is 8.01. The van der Waals surface area contributed by atoms with E-state index in [9.17, 15) is 8.42 Å². The van der Waals surface area contributed by atoms with E-state index in [1.807, 2.05) is 0 Å². The number of nitrogens with two attached hydrogens (primary N) is 1. The van der Waals surface area contributed by atoms with E-state index in [4.69, 9.17) is 5.73 Å². The van der Waals surface area contributed by atoms with Crippen molar-refractivity contribution in [3.05, 3.63) is 0 Å². The SMILES string of the molecule is CS(=O)(=O)CCC1(N)CC1. The molecule has 1 fully saturated rings. The second-order valence-electron chi connectivity index (χ2n) is 3.24. The minimum atomic E-state index is -2.80. The van der Waals surface area contributed by atoms with E-state index in [2.05, 4.69) is 0 Å². The smallest absolute Gasteiger partial charge is 0.147 e. The fourth-order valence-corrected chi connectivity index (χ4v) is 1.58. The number of sulfone groups is 1. The lowest BCUT2D eigenvalue weighted by Gasteiger charge is -2.05. The first-order valence-corrected chi connectivity index (χ1v) is 5.44. The van der Waals surface area contributed by atoms with E-state index in [-0.39, 0.29) is 11.3 Å². The molecular weight excluding hydrogens is 150 g/mol. The normalized spacial score (nSPS) is 22.6. The van der Waals surface area contributed by atoms with Crippen molar-refractivity contribution in [2.24, 2.45) is 5.73 Å². The van der Waals surface area contributed by atoms with Crippen molar-refractivity contribution in [3.8, 4) is 0 Å². The van der Waals surface area contributed by atoms with Gasteiger partial charge in [-0.3, -0.25) is 0 Å². The molecule has 1 aliphatic carbocycles. The first-order chi connectivity index (χ1) is 4.41. The molecule has 1 rings (SSSR count). The maximum absolute atomic E-state index is 10.7. The van der Waals surface area contributed by atoms with Crippen LogP contribution in [0.2, 0.25) is 0 Å². The predicted molar refractivity (Wildman–Crippen MR) is 40.5 cm³/mol. The van der Waals surface area contributed by atoms with Crippen LogP contribution in [0.1, 0.15) is 19.3 Å². The van der Waals surface area contributed by atoms with Gasteiger partial charge in [-0.05, 0) is 19.3 Å². The molecule has 0 aromatic carbocycles. The molecule has 1 saturated carbocycles. The summed E-state index contributed by atoms with van der Waals surface area (Å²) < 4.78 is 21.3. The van der Waals surface area contributed by atoms with Gasteiger partial charge >= 0.3 is 0 Å². The molecule has 2 N–H and O–H groups in total. The van der Waals surface area contributed by atoms with Crippen LogP contribution in [0.25, 0.3) is 0 Å². The fourth-order valence-electron chi connectivity index (χ4n) is 0.799. The summed E-state index contributed by atoms with van der Waals surface area (Å²) in [4.78, 5) is 0. The van der Waals surface area contributed by atoms with Gasteiger partial charge in [0.15, 0.2) is 0 Å². The third-order valence-electron chi connectivity index (χ3n) is 1.86. The molecule has 0 amide bonds. The van der Waals surface area contributed by atoms with Crippen molar-refractivity contribution in [2.45, 2.75) is 24.8 Å². The molecule has 0 bridgehead atoms. The zero-order valence-electron chi connectivity index (χ0n) is 6.13. The molecule has 0 unspecified atom stereocenters. The van der Waals surface area contributed by atoms with Crippen LogP contribution >= 0.6 is 0 Å². The van der Waals surface area contributed by atoms with Gasteiger partial charge in [0.2, 0.25) is 0 Å². The summed E-state index contributed by atoms with van der Waals surface area (Å²) >= 11 is 0. The van der Waals surface area contributed by atoms with Gasteiger partial charge in [0.1, 0.15) is 9.84 Å². The Labute approximate surface area is 61.5 Å². The summed E-state index contributed by atoms with van der Waals surface area (Å²) in [5.41, 5.74) is 5.57. The molecule has 10 heavy (non-hydrogen) atoms. The summed E-state index contributed by atoms with van der Waals surface area (Å²) in [5, 5.41) is 0. The van der Waals surface area contributed by atoms with Crippen LogP contribution < -0.4 is 5.73 Å². The van der Waals surface area contributed by atoms with Gasteiger partial charge in [0.25, 0.3) is 0 Å². The quantitative estimate of drug-likeness (QED) is 0.632. The molecule has 60 valence electrons. The van der Waals surface area contributed by atoms with Crippen LogP contribution in [0.4, 0.5) is 0 Å². The number of hydrogen-bond donors (Lipinski definition) is 1. The summed E-state index contributed by atoms with van der Waals surface area (Å²) in [5.74, 6) is 0.240. The molecule has 3 nitrogen and oxygen atoms in total. The van der Waals surface area contributed by atoms with Gasteiger partial charge < -0.3 is 5.73 Å². The van der Waals surface area contributed by atoms with Crippen molar-refractivity contribution in [2.75, 3.05) is 12.0 Å². The highest BCUT2D eigenvalue weighted by Crippen LogP contribution is 2.35. The monoisotopic (exact) mass is 163 g/mol. The Morgan fingerprint density at radius 3 is 2.30 bits per heavy atom. The molecule has 4 heteroatoms. The molecule has 0 spiro atoms. The zero-order chi connectivity index (χ0) is 7.83. The average Bonchev–Trinajstić information content (AvgIpc) is 2.43. The lowest BCUT2D eigenvalue weighted by atomic mass is 10.2. The molecule has 0 aliphatic heterocycles. The van der Waals surface area contributed by atoms with Crippen LogP contribution in [-0.2, 0) is 9.84 Å². The van der Waals surface area contributed by atoms with E-state index < -0.39 is 9.84 Å². The molecule has 0 radical (unpaired) electrons. The molecule has 0 atom stereocenters. The first-order valence-electron chi connectivity index (χ1n) is 3.38. The molecular formula is C6H13NO2S. The number of hydrogen-bond acceptors (Lipinski definition) is 3. The van der Waals surface area contributed by atoms with Gasteiger partial charge in [-0.1, -0.05) is 0 Å². The highest BCUT2D eigenvalue weighted by Gasteiger charge is 2.38. The average molecular weight is 163 g/mol. The van der Waals surface area contributed by atoms with Gasteiger partial charge in [-0.15, -0.1) is 0 Å².